The van der Waals surface area contributed by atoms with Crippen LogP contribution >= 0.6 is 0 Å². The molecule has 0 aromatic heterocycles. The predicted molar refractivity (Wildman–Crippen MR) is 133 cm³/mol. The van der Waals surface area contributed by atoms with Gasteiger partial charge >= 0.3 is 5.97 Å². The molecule has 0 heterocycles. The Morgan fingerprint density at radius 1 is 0.970 bits per heavy atom. The summed E-state index contributed by atoms with van der Waals surface area (Å²) in [6.45, 7) is 8.61. The van der Waals surface area contributed by atoms with Crippen molar-refractivity contribution in [3.63, 3.8) is 0 Å². The molecule has 3 aromatic carbocycles. The van der Waals surface area contributed by atoms with E-state index in [1.807, 2.05) is 12.1 Å². The quantitative estimate of drug-likeness (QED) is 0.459. The van der Waals surface area contributed by atoms with Crippen molar-refractivity contribution in [2.45, 2.75) is 39.5 Å². The Hall–Kier alpha value is -3.66. The van der Waals surface area contributed by atoms with Crippen LogP contribution < -0.4 is 5.32 Å². The van der Waals surface area contributed by atoms with Crippen LogP contribution in [0.25, 0.3) is 5.57 Å². The number of ether oxygens (including phenoxy) is 1. The summed E-state index contributed by atoms with van der Waals surface area (Å²) < 4.78 is 5.06. The van der Waals surface area contributed by atoms with E-state index < -0.39 is 5.97 Å². The molecule has 1 amide bonds. The monoisotopic (exact) mass is 439 g/mol. The van der Waals surface area contributed by atoms with Crippen LogP contribution in [0, 0.1) is 6.92 Å². The van der Waals surface area contributed by atoms with Crippen molar-refractivity contribution in [2.24, 2.45) is 0 Å². The van der Waals surface area contributed by atoms with Gasteiger partial charge in [-0.15, -0.1) is 0 Å². The number of nitrogens with one attached hydrogen (secondary N) is 1. The molecule has 4 nitrogen and oxygen atoms in total. The fourth-order valence-corrected chi connectivity index (χ4v) is 4.22. The first-order valence-electron chi connectivity index (χ1n) is 11.3. The molecule has 0 atom stereocenters. The first kappa shape index (κ1) is 22.5. The number of benzene rings is 3. The van der Waals surface area contributed by atoms with Gasteiger partial charge in [-0.05, 0) is 78.3 Å². The Morgan fingerprint density at radius 2 is 1.73 bits per heavy atom. The lowest BCUT2D eigenvalue weighted by Gasteiger charge is -2.32. The first-order chi connectivity index (χ1) is 15.8. The largest absolute Gasteiger partial charge is 0.462 e. The van der Waals surface area contributed by atoms with Gasteiger partial charge in [0.2, 0.25) is 0 Å². The van der Waals surface area contributed by atoms with Crippen molar-refractivity contribution >= 4 is 23.1 Å². The Bertz CT molecular complexity index is 1240. The number of carbonyl (C=O) groups is 2. The second-order valence-electron chi connectivity index (χ2n) is 9.09. The molecular formula is C29H29NO3. The number of aryl methyl sites for hydroxylation is 1. The van der Waals surface area contributed by atoms with E-state index in [9.17, 15) is 9.59 Å². The number of fused-ring (bicyclic) bond motifs is 1. The molecule has 168 valence electrons. The Labute approximate surface area is 195 Å². The van der Waals surface area contributed by atoms with E-state index in [0.717, 1.165) is 23.1 Å². The smallest absolute Gasteiger partial charge is 0.338 e. The van der Waals surface area contributed by atoms with Crippen molar-refractivity contribution in [1.82, 2.24) is 0 Å². The van der Waals surface area contributed by atoms with Gasteiger partial charge in [-0.25, -0.2) is 4.79 Å². The lowest BCUT2D eigenvalue weighted by Crippen LogP contribution is -2.23. The van der Waals surface area contributed by atoms with Crippen LogP contribution in [0.5, 0.6) is 0 Å². The molecule has 0 saturated carbocycles. The van der Waals surface area contributed by atoms with Gasteiger partial charge in [-0.2, -0.15) is 0 Å². The molecule has 0 unspecified atom stereocenters. The van der Waals surface area contributed by atoms with Gasteiger partial charge in [0.25, 0.3) is 5.91 Å². The normalized spacial score (nSPS) is 14.1. The highest BCUT2D eigenvalue weighted by Crippen LogP contribution is 2.41. The third-order valence-electron chi connectivity index (χ3n) is 6.11. The van der Waals surface area contributed by atoms with Gasteiger partial charge in [-0.3, -0.25) is 4.79 Å². The molecule has 1 N–H and O–H groups in total. The third-order valence-corrected chi connectivity index (χ3v) is 6.11. The molecule has 1 aliphatic carbocycles. The van der Waals surface area contributed by atoms with Gasteiger partial charge in [0, 0.05) is 11.3 Å². The summed E-state index contributed by atoms with van der Waals surface area (Å²) >= 11 is 0. The number of esters is 1. The lowest BCUT2D eigenvalue weighted by molar-refractivity contribution is 0.0526. The van der Waals surface area contributed by atoms with Crippen molar-refractivity contribution in [3.05, 3.63) is 106 Å². The molecule has 1 aliphatic rings. The number of anilines is 1. The molecule has 0 fully saturated rings. The number of rotatable bonds is 5. The van der Waals surface area contributed by atoms with Crippen LogP contribution in [0.1, 0.15) is 70.2 Å². The van der Waals surface area contributed by atoms with Crippen LogP contribution in [-0.2, 0) is 10.2 Å². The summed E-state index contributed by atoms with van der Waals surface area (Å²) in [7, 11) is 0. The zero-order chi connectivity index (χ0) is 23.6. The van der Waals surface area contributed by atoms with Crippen molar-refractivity contribution < 1.29 is 14.3 Å². The number of hydrogen-bond acceptors (Lipinski definition) is 3. The molecule has 33 heavy (non-hydrogen) atoms. The van der Waals surface area contributed by atoms with E-state index in [0.29, 0.717) is 23.4 Å². The Morgan fingerprint density at radius 3 is 2.45 bits per heavy atom. The molecule has 4 rings (SSSR count). The summed E-state index contributed by atoms with van der Waals surface area (Å²) in [6, 6.07) is 21.2. The van der Waals surface area contributed by atoms with Gasteiger partial charge in [0.05, 0.1) is 12.2 Å². The molecule has 0 bridgehead atoms. The maximum atomic E-state index is 13.1. The minimum absolute atomic E-state index is 0.00743. The van der Waals surface area contributed by atoms with Crippen LogP contribution in [-0.4, -0.2) is 18.5 Å². The van der Waals surface area contributed by atoms with Crippen LogP contribution in [0.2, 0.25) is 0 Å². The average Bonchev–Trinajstić information content (AvgIpc) is 2.80. The van der Waals surface area contributed by atoms with Crippen molar-refractivity contribution in [2.75, 3.05) is 11.9 Å². The zero-order valence-electron chi connectivity index (χ0n) is 19.6. The maximum Gasteiger partial charge on any atom is 0.338 e. The van der Waals surface area contributed by atoms with Gasteiger partial charge in [0.1, 0.15) is 0 Å². The first-order valence-corrected chi connectivity index (χ1v) is 11.3. The second-order valence-corrected chi connectivity index (χ2v) is 9.09. The van der Waals surface area contributed by atoms with E-state index in [-0.39, 0.29) is 11.3 Å². The fraction of sp³-hybridized carbons (Fsp3) is 0.241. The van der Waals surface area contributed by atoms with Gasteiger partial charge in [-0.1, -0.05) is 61.9 Å². The summed E-state index contributed by atoms with van der Waals surface area (Å²) in [6.07, 6.45) is 3.22. The molecule has 0 spiro atoms. The Kier molecular flexibility index (Phi) is 6.19. The highest BCUT2D eigenvalue weighted by atomic mass is 16.5. The highest BCUT2D eigenvalue weighted by molar-refractivity contribution is 6.05. The van der Waals surface area contributed by atoms with E-state index in [2.05, 4.69) is 62.5 Å². The van der Waals surface area contributed by atoms with Crippen LogP contribution in [0.15, 0.2) is 72.8 Å². The molecule has 4 heteroatoms. The highest BCUT2D eigenvalue weighted by Gasteiger charge is 2.29. The number of carbonyl (C=O) groups excluding carboxylic acids is 2. The van der Waals surface area contributed by atoms with E-state index in [4.69, 9.17) is 4.74 Å². The second kappa shape index (κ2) is 9.07. The molecular weight excluding hydrogens is 410 g/mol. The summed E-state index contributed by atoms with van der Waals surface area (Å²) in [4.78, 5) is 25.1. The topological polar surface area (TPSA) is 55.4 Å². The van der Waals surface area contributed by atoms with Crippen molar-refractivity contribution in [3.8, 4) is 0 Å². The predicted octanol–water partition coefficient (Wildman–Crippen LogP) is 6.54. The third kappa shape index (κ3) is 4.75. The van der Waals surface area contributed by atoms with E-state index in [1.54, 1.807) is 31.2 Å². The zero-order valence-corrected chi connectivity index (χ0v) is 19.6. The molecule has 0 saturated heterocycles. The van der Waals surface area contributed by atoms with E-state index >= 15 is 0 Å². The number of allylic oxidation sites excluding steroid dienone is 1. The maximum absolute atomic E-state index is 13.1. The number of hydrogen-bond donors (Lipinski definition) is 1. The van der Waals surface area contributed by atoms with Crippen LogP contribution in [0.4, 0.5) is 5.69 Å². The molecule has 3 aromatic rings. The molecule has 0 radical (unpaired) electrons. The summed E-state index contributed by atoms with van der Waals surface area (Å²) in [5, 5.41) is 2.92. The van der Waals surface area contributed by atoms with Gasteiger partial charge in [0.15, 0.2) is 0 Å². The van der Waals surface area contributed by atoms with E-state index in [1.165, 1.54) is 11.1 Å². The lowest BCUT2D eigenvalue weighted by atomic mass is 9.72. The van der Waals surface area contributed by atoms with Crippen molar-refractivity contribution in [1.29, 1.82) is 0 Å². The molecule has 0 aliphatic heterocycles. The summed E-state index contributed by atoms with van der Waals surface area (Å²) in [5.41, 5.74) is 7.38. The SMILES string of the molecule is CCOC(=O)c1cccc(NC(=O)c2ccc3c(c2)C(c2ccc(C)cc2)=CCC3(C)C)c1. The fourth-order valence-electron chi connectivity index (χ4n) is 4.22. The van der Waals surface area contributed by atoms with Gasteiger partial charge < -0.3 is 10.1 Å². The minimum Gasteiger partial charge on any atom is -0.462 e. The average molecular weight is 440 g/mol. The van der Waals surface area contributed by atoms with Crippen LogP contribution in [0.3, 0.4) is 0 Å². The summed E-state index contributed by atoms with van der Waals surface area (Å²) in [5.74, 6) is -0.622. The Balaban J connectivity index is 1.65. The number of amides is 1. The minimum atomic E-state index is -0.405. The standard InChI is InChI=1S/C29H29NO3/c1-5-33-28(32)22-7-6-8-23(17-22)30-27(31)21-13-14-26-25(18-21)24(15-16-29(26,3)4)20-11-9-19(2)10-12-20/h6-15,17-18H,5,16H2,1-4H3,(H,30,31).